The molecule has 1 saturated heterocycles. The van der Waals surface area contributed by atoms with Crippen LogP contribution in [0.25, 0.3) is 0 Å². The Bertz CT molecular complexity index is 915. The largest absolute Gasteiger partial charge is 0.497 e. The molecule has 1 aliphatic heterocycles. The fourth-order valence-corrected chi connectivity index (χ4v) is 4.72. The van der Waals surface area contributed by atoms with Gasteiger partial charge in [0.05, 0.1) is 25.9 Å². The molecule has 2 aromatic carbocycles. The van der Waals surface area contributed by atoms with Crippen molar-refractivity contribution in [1.82, 2.24) is 0 Å². The summed E-state index contributed by atoms with van der Waals surface area (Å²) in [5.41, 5.74) is 3.77. The first kappa shape index (κ1) is 22.2. The molecule has 0 amide bonds. The second kappa shape index (κ2) is 9.22. The molecule has 0 aromatic heterocycles. The molecule has 0 bridgehead atoms. The summed E-state index contributed by atoms with van der Waals surface area (Å²) >= 11 is 0. The van der Waals surface area contributed by atoms with Crippen LogP contribution in [0.4, 0.5) is 4.39 Å². The minimum absolute atomic E-state index is 0.0504. The van der Waals surface area contributed by atoms with Crippen LogP contribution in [0.5, 0.6) is 5.75 Å². The summed E-state index contributed by atoms with van der Waals surface area (Å²) in [6.07, 6.45) is -3.14. The van der Waals surface area contributed by atoms with E-state index in [0.29, 0.717) is 30.4 Å². The molecule has 4 rings (SSSR count). The Balaban J connectivity index is 1.71. The van der Waals surface area contributed by atoms with Crippen LogP contribution >= 0.6 is 0 Å². The van der Waals surface area contributed by atoms with Crippen molar-refractivity contribution in [2.45, 2.75) is 62.6 Å². The minimum atomic E-state index is -1.42. The summed E-state index contributed by atoms with van der Waals surface area (Å²) in [5.74, 6) is 0.520. The van der Waals surface area contributed by atoms with E-state index in [4.69, 9.17) is 9.47 Å². The quantitative estimate of drug-likeness (QED) is 0.575. The van der Waals surface area contributed by atoms with E-state index in [9.17, 15) is 20.4 Å². The Labute approximate surface area is 180 Å². The zero-order valence-electron chi connectivity index (χ0n) is 17.5. The van der Waals surface area contributed by atoms with Gasteiger partial charge in [-0.2, -0.15) is 0 Å². The highest BCUT2D eigenvalue weighted by molar-refractivity contribution is 5.46. The van der Waals surface area contributed by atoms with Gasteiger partial charge in [0.15, 0.2) is 0 Å². The van der Waals surface area contributed by atoms with Gasteiger partial charge in [0.2, 0.25) is 0 Å². The molecule has 2 aromatic rings. The number of aliphatic hydroxyl groups excluding tert-OH is 4. The summed E-state index contributed by atoms with van der Waals surface area (Å²) in [6.45, 7) is -0.496. The Kier molecular flexibility index (Phi) is 6.60. The lowest BCUT2D eigenvalue weighted by molar-refractivity contribution is -0.119. The molecule has 168 valence electrons. The highest BCUT2D eigenvalue weighted by Crippen LogP contribution is 2.39. The molecule has 0 radical (unpaired) electrons. The molecule has 0 saturated carbocycles. The zero-order chi connectivity index (χ0) is 22.1. The third-order valence-electron chi connectivity index (χ3n) is 6.44. The normalized spacial score (nSPS) is 28.3. The maximum absolute atomic E-state index is 15.3. The van der Waals surface area contributed by atoms with Crippen LogP contribution in [-0.4, -0.2) is 58.6 Å². The summed E-state index contributed by atoms with van der Waals surface area (Å²) in [7, 11) is 1.59. The van der Waals surface area contributed by atoms with Crippen LogP contribution in [-0.2, 0) is 24.0 Å². The molecule has 2 aliphatic rings. The lowest BCUT2D eigenvalue weighted by atomic mass is 9.90. The first-order valence-corrected chi connectivity index (χ1v) is 10.7. The average molecular weight is 432 g/mol. The molecule has 4 N–H and O–H groups in total. The number of hydrogen-bond acceptors (Lipinski definition) is 6. The van der Waals surface area contributed by atoms with Crippen molar-refractivity contribution in [3.63, 3.8) is 0 Å². The topological polar surface area (TPSA) is 99.4 Å². The molecule has 1 aliphatic carbocycles. The van der Waals surface area contributed by atoms with Crippen LogP contribution in [0.15, 0.2) is 30.3 Å². The fraction of sp³-hybridized carbons (Fsp3) is 0.500. The predicted molar refractivity (Wildman–Crippen MR) is 112 cm³/mol. The average Bonchev–Trinajstić information content (AvgIpc) is 3.24. The van der Waals surface area contributed by atoms with Crippen LogP contribution < -0.4 is 4.74 Å². The van der Waals surface area contributed by atoms with Gasteiger partial charge in [-0.1, -0.05) is 12.1 Å². The van der Waals surface area contributed by atoms with Gasteiger partial charge in [0.1, 0.15) is 29.9 Å². The van der Waals surface area contributed by atoms with Crippen LogP contribution in [0, 0.1) is 5.82 Å². The molecule has 31 heavy (non-hydrogen) atoms. The van der Waals surface area contributed by atoms with E-state index in [0.717, 1.165) is 28.9 Å². The molecule has 0 spiro atoms. The first-order valence-electron chi connectivity index (χ1n) is 10.7. The number of fused-ring (bicyclic) bond motifs is 1. The molecule has 7 heteroatoms. The maximum Gasteiger partial charge on any atom is 0.130 e. The number of rotatable bonds is 5. The lowest BCUT2D eigenvalue weighted by Gasteiger charge is -2.26. The van der Waals surface area contributed by atoms with Crippen LogP contribution in [0.1, 0.15) is 46.8 Å². The van der Waals surface area contributed by atoms with E-state index in [1.54, 1.807) is 13.2 Å². The Hall–Kier alpha value is -2.03. The fourth-order valence-electron chi connectivity index (χ4n) is 4.72. The summed E-state index contributed by atoms with van der Waals surface area (Å²) < 4.78 is 26.5. The third kappa shape index (κ3) is 4.33. The maximum atomic E-state index is 15.3. The number of aliphatic hydroxyl groups is 4. The Morgan fingerprint density at radius 2 is 1.77 bits per heavy atom. The van der Waals surface area contributed by atoms with Crippen molar-refractivity contribution in [2.24, 2.45) is 0 Å². The minimum Gasteiger partial charge on any atom is -0.497 e. The third-order valence-corrected chi connectivity index (χ3v) is 6.44. The van der Waals surface area contributed by atoms with Crippen LogP contribution in [0.3, 0.4) is 0 Å². The highest BCUT2D eigenvalue weighted by Gasteiger charge is 2.40. The number of ether oxygens (including phenoxy) is 2. The van der Waals surface area contributed by atoms with Gasteiger partial charge in [0.25, 0.3) is 0 Å². The summed E-state index contributed by atoms with van der Waals surface area (Å²) in [4.78, 5) is 0. The number of methoxy groups -OCH3 is 1. The number of halogens is 1. The molecule has 5 atom stereocenters. The molecular weight excluding hydrogens is 403 g/mol. The van der Waals surface area contributed by atoms with Crippen molar-refractivity contribution in [3.8, 4) is 5.75 Å². The lowest BCUT2D eigenvalue weighted by Crippen LogP contribution is -2.44. The van der Waals surface area contributed by atoms with Gasteiger partial charge in [-0.3, -0.25) is 0 Å². The van der Waals surface area contributed by atoms with Gasteiger partial charge >= 0.3 is 0 Å². The van der Waals surface area contributed by atoms with Crippen molar-refractivity contribution < 1.29 is 34.3 Å². The van der Waals surface area contributed by atoms with E-state index in [-0.39, 0.29) is 12.2 Å². The monoisotopic (exact) mass is 432 g/mol. The van der Waals surface area contributed by atoms with E-state index in [2.05, 4.69) is 0 Å². The molecule has 6 nitrogen and oxygen atoms in total. The second-order valence-corrected chi connectivity index (χ2v) is 8.40. The zero-order valence-corrected chi connectivity index (χ0v) is 17.5. The number of hydrogen-bond donors (Lipinski definition) is 4. The molecule has 1 fully saturated rings. The molecular formula is C24H29FO6. The SMILES string of the molecule is COc1ccc(Cc2cc(C3CC(O)C(O)C(O)C(CO)O3)c3c(c2F)CCC3)cc1. The first-order chi connectivity index (χ1) is 14.9. The van der Waals surface area contributed by atoms with Gasteiger partial charge in [0, 0.05) is 12.8 Å². The Morgan fingerprint density at radius 3 is 2.45 bits per heavy atom. The predicted octanol–water partition coefficient (Wildman–Crippen LogP) is 1.82. The Morgan fingerprint density at radius 1 is 1.06 bits per heavy atom. The van der Waals surface area contributed by atoms with E-state index < -0.39 is 37.1 Å². The smallest absolute Gasteiger partial charge is 0.130 e. The van der Waals surface area contributed by atoms with Crippen molar-refractivity contribution in [3.05, 3.63) is 64.0 Å². The molecule has 1 heterocycles. The second-order valence-electron chi connectivity index (χ2n) is 8.40. The van der Waals surface area contributed by atoms with Gasteiger partial charge in [-0.25, -0.2) is 4.39 Å². The summed E-state index contributed by atoms with van der Waals surface area (Å²) in [6, 6.07) is 9.23. The van der Waals surface area contributed by atoms with Crippen molar-refractivity contribution in [2.75, 3.05) is 13.7 Å². The van der Waals surface area contributed by atoms with E-state index in [1.165, 1.54) is 0 Å². The van der Waals surface area contributed by atoms with Crippen molar-refractivity contribution >= 4 is 0 Å². The highest BCUT2D eigenvalue weighted by atomic mass is 19.1. The van der Waals surface area contributed by atoms with Gasteiger partial charge in [-0.15, -0.1) is 0 Å². The summed E-state index contributed by atoms with van der Waals surface area (Å²) in [5, 5.41) is 40.4. The standard InChI is InChI=1S/C24H29FO6/c1-30-15-7-5-13(6-8-15)9-14-10-18(16-3-2-4-17(16)22(14)25)20-11-19(27)23(28)24(29)21(12-26)31-20/h5-8,10,19-21,23-24,26-29H,2-4,9,11-12H2,1H3. The molecule has 5 unspecified atom stereocenters. The van der Waals surface area contributed by atoms with E-state index in [1.807, 2.05) is 24.3 Å². The van der Waals surface area contributed by atoms with Crippen LogP contribution in [0.2, 0.25) is 0 Å². The van der Waals surface area contributed by atoms with Crippen molar-refractivity contribution in [1.29, 1.82) is 0 Å². The number of benzene rings is 2. The van der Waals surface area contributed by atoms with Gasteiger partial charge in [-0.05, 0) is 65.3 Å². The van der Waals surface area contributed by atoms with E-state index >= 15 is 4.39 Å². The van der Waals surface area contributed by atoms with Gasteiger partial charge < -0.3 is 29.9 Å².